The zero-order chi connectivity index (χ0) is 10.3. The second kappa shape index (κ2) is 3.79. The Balaban J connectivity index is 2.57. The van der Waals surface area contributed by atoms with Crippen molar-refractivity contribution in [3.8, 4) is 10.6 Å². The lowest BCUT2D eigenvalue weighted by Crippen LogP contribution is -1.89. The van der Waals surface area contributed by atoms with Gasteiger partial charge in [-0.3, -0.25) is 0 Å². The number of nitrogens with zero attached hydrogens (tertiary/aromatic N) is 2. The number of aryl methyl sites for hydroxylation is 1. The minimum Gasteiger partial charge on any atom is -0.326 e. The van der Waals surface area contributed by atoms with Gasteiger partial charge in [0.15, 0.2) is 0 Å². The Kier molecular flexibility index (Phi) is 2.81. The molecule has 0 radical (unpaired) electrons. The summed E-state index contributed by atoms with van der Waals surface area (Å²) in [5.74, 6) is 1.01. The molecule has 2 nitrogen and oxygen atoms in total. The molecule has 0 saturated carbocycles. The van der Waals surface area contributed by atoms with E-state index in [2.05, 4.69) is 48.3 Å². The Bertz CT molecular complexity index is 473. The molecule has 74 valence electrons. The number of thiophene rings is 1. The maximum atomic E-state index is 4.50. The molecular weight excluding hydrogens is 328 g/mol. The fourth-order valence-electron chi connectivity index (χ4n) is 1.18. The van der Waals surface area contributed by atoms with Gasteiger partial charge in [-0.05, 0) is 44.8 Å². The van der Waals surface area contributed by atoms with Gasteiger partial charge in [0.1, 0.15) is 16.1 Å². The van der Waals surface area contributed by atoms with Crippen LogP contribution in [0.5, 0.6) is 0 Å². The topological polar surface area (TPSA) is 17.8 Å². The molecule has 0 aromatic carbocycles. The van der Waals surface area contributed by atoms with E-state index < -0.39 is 0 Å². The third-order valence-electron chi connectivity index (χ3n) is 2.05. The van der Waals surface area contributed by atoms with Crippen LogP contribution in [0.1, 0.15) is 5.82 Å². The lowest BCUT2D eigenvalue weighted by Gasteiger charge is -1.95. The number of rotatable bonds is 1. The molecule has 0 aliphatic carbocycles. The molecule has 0 spiro atoms. The monoisotopic (exact) mass is 334 g/mol. The Morgan fingerprint density at radius 1 is 1.43 bits per heavy atom. The maximum Gasteiger partial charge on any atom is 0.113 e. The molecule has 0 saturated heterocycles. The van der Waals surface area contributed by atoms with Crippen molar-refractivity contribution in [2.75, 3.05) is 0 Å². The van der Waals surface area contributed by atoms with Crippen LogP contribution >= 0.6 is 43.2 Å². The summed E-state index contributed by atoms with van der Waals surface area (Å²) in [4.78, 5) is 5.67. The summed E-state index contributed by atoms with van der Waals surface area (Å²) in [6.45, 7) is 2.00. The molecule has 0 fully saturated rings. The standard InChI is InChI=1S/C9H8Br2N2S/c1-5-12-8(9(11)13(5)2)7-3-6(10)4-14-7/h3-4H,1-2H3. The van der Waals surface area contributed by atoms with Crippen molar-refractivity contribution >= 4 is 43.2 Å². The second-order valence-electron chi connectivity index (χ2n) is 2.99. The fourth-order valence-corrected chi connectivity index (χ4v) is 3.29. The summed E-state index contributed by atoms with van der Waals surface area (Å²) in [7, 11) is 2.00. The van der Waals surface area contributed by atoms with E-state index in [1.54, 1.807) is 11.3 Å². The zero-order valence-electron chi connectivity index (χ0n) is 7.71. The van der Waals surface area contributed by atoms with Gasteiger partial charge in [-0.15, -0.1) is 11.3 Å². The molecule has 0 atom stereocenters. The van der Waals surface area contributed by atoms with Gasteiger partial charge in [-0.25, -0.2) is 4.98 Å². The van der Waals surface area contributed by atoms with Gasteiger partial charge in [0, 0.05) is 16.9 Å². The van der Waals surface area contributed by atoms with Crippen molar-refractivity contribution < 1.29 is 0 Å². The second-order valence-corrected chi connectivity index (χ2v) is 5.56. The average Bonchev–Trinajstić information content (AvgIpc) is 2.66. The summed E-state index contributed by atoms with van der Waals surface area (Å²) in [5.41, 5.74) is 1.01. The molecule has 0 aliphatic rings. The lowest BCUT2D eigenvalue weighted by molar-refractivity contribution is 0.840. The van der Waals surface area contributed by atoms with Crippen molar-refractivity contribution in [1.29, 1.82) is 0 Å². The molecular formula is C9H8Br2N2S. The molecule has 2 aromatic heterocycles. The summed E-state index contributed by atoms with van der Waals surface area (Å²) < 4.78 is 4.17. The molecule has 0 amide bonds. The highest BCUT2D eigenvalue weighted by Crippen LogP contribution is 2.34. The third kappa shape index (κ3) is 1.68. The van der Waals surface area contributed by atoms with Crippen LogP contribution in [-0.4, -0.2) is 9.55 Å². The number of aromatic nitrogens is 2. The largest absolute Gasteiger partial charge is 0.326 e. The molecule has 5 heteroatoms. The Labute approximate surface area is 103 Å². The van der Waals surface area contributed by atoms with Crippen molar-refractivity contribution in [3.05, 3.63) is 26.3 Å². The van der Waals surface area contributed by atoms with Crippen LogP contribution in [0, 0.1) is 6.92 Å². The van der Waals surface area contributed by atoms with Gasteiger partial charge in [0.05, 0.1) is 4.88 Å². The van der Waals surface area contributed by atoms with Crippen LogP contribution in [0.2, 0.25) is 0 Å². The first-order valence-corrected chi connectivity index (χ1v) is 6.49. The van der Waals surface area contributed by atoms with E-state index in [-0.39, 0.29) is 0 Å². The van der Waals surface area contributed by atoms with Gasteiger partial charge in [0.2, 0.25) is 0 Å². The lowest BCUT2D eigenvalue weighted by atomic mass is 10.4. The highest BCUT2D eigenvalue weighted by molar-refractivity contribution is 9.10. The van der Waals surface area contributed by atoms with E-state index in [9.17, 15) is 0 Å². The molecule has 14 heavy (non-hydrogen) atoms. The van der Waals surface area contributed by atoms with E-state index in [0.717, 1.165) is 20.6 Å². The summed E-state index contributed by atoms with van der Waals surface area (Å²) in [6.07, 6.45) is 0. The summed E-state index contributed by atoms with van der Waals surface area (Å²) in [5, 5.41) is 2.06. The zero-order valence-corrected chi connectivity index (χ0v) is 11.7. The highest BCUT2D eigenvalue weighted by atomic mass is 79.9. The van der Waals surface area contributed by atoms with Gasteiger partial charge < -0.3 is 4.57 Å². The van der Waals surface area contributed by atoms with Gasteiger partial charge in [-0.2, -0.15) is 0 Å². The Morgan fingerprint density at radius 3 is 2.57 bits per heavy atom. The fraction of sp³-hybridized carbons (Fsp3) is 0.222. The van der Waals surface area contributed by atoms with E-state index >= 15 is 0 Å². The third-order valence-corrected chi connectivity index (χ3v) is 4.66. The molecule has 2 rings (SSSR count). The molecule has 2 heterocycles. The van der Waals surface area contributed by atoms with E-state index in [1.807, 2.05) is 18.5 Å². The predicted molar refractivity (Wildman–Crippen MR) is 66.7 cm³/mol. The Hall–Kier alpha value is -0.130. The molecule has 2 aromatic rings. The van der Waals surface area contributed by atoms with Gasteiger partial charge in [0.25, 0.3) is 0 Å². The first kappa shape index (κ1) is 10.4. The van der Waals surface area contributed by atoms with Crippen molar-refractivity contribution in [2.24, 2.45) is 7.05 Å². The molecule has 0 aliphatic heterocycles. The molecule has 0 bridgehead atoms. The quantitative estimate of drug-likeness (QED) is 0.770. The van der Waals surface area contributed by atoms with Crippen LogP contribution in [0.4, 0.5) is 0 Å². The highest BCUT2D eigenvalue weighted by Gasteiger charge is 2.12. The van der Waals surface area contributed by atoms with E-state index in [4.69, 9.17) is 0 Å². The van der Waals surface area contributed by atoms with Crippen LogP contribution in [0.25, 0.3) is 10.6 Å². The van der Waals surface area contributed by atoms with Crippen molar-refractivity contribution in [3.63, 3.8) is 0 Å². The van der Waals surface area contributed by atoms with Crippen molar-refractivity contribution in [2.45, 2.75) is 6.92 Å². The smallest absolute Gasteiger partial charge is 0.113 e. The van der Waals surface area contributed by atoms with Crippen molar-refractivity contribution in [1.82, 2.24) is 9.55 Å². The van der Waals surface area contributed by atoms with Crippen LogP contribution in [-0.2, 0) is 7.05 Å². The van der Waals surface area contributed by atoms with Crippen LogP contribution in [0.3, 0.4) is 0 Å². The summed E-state index contributed by atoms with van der Waals surface area (Å²) >= 11 is 8.66. The minimum absolute atomic E-state index is 1.01. The number of imidazole rings is 1. The first-order valence-electron chi connectivity index (χ1n) is 4.03. The number of halogens is 2. The number of hydrogen-bond acceptors (Lipinski definition) is 2. The number of hydrogen-bond donors (Lipinski definition) is 0. The van der Waals surface area contributed by atoms with Gasteiger partial charge >= 0.3 is 0 Å². The minimum atomic E-state index is 1.01. The van der Waals surface area contributed by atoms with Gasteiger partial charge in [-0.1, -0.05) is 0 Å². The summed E-state index contributed by atoms with van der Waals surface area (Å²) in [6, 6.07) is 2.08. The maximum absolute atomic E-state index is 4.50. The molecule has 0 unspecified atom stereocenters. The predicted octanol–water partition coefficient (Wildman–Crippen LogP) is 3.98. The molecule has 0 N–H and O–H groups in total. The normalized spacial score (nSPS) is 10.9. The van der Waals surface area contributed by atoms with Crippen LogP contribution in [0.15, 0.2) is 20.5 Å². The van der Waals surface area contributed by atoms with E-state index in [1.165, 1.54) is 4.88 Å². The first-order chi connectivity index (χ1) is 6.59. The SMILES string of the molecule is Cc1nc(-c2cc(Br)cs2)c(Br)n1C. The van der Waals surface area contributed by atoms with Crippen LogP contribution < -0.4 is 0 Å². The average molecular weight is 336 g/mol. The Morgan fingerprint density at radius 2 is 2.14 bits per heavy atom. The van der Waals surface area contributed by atoms with E-state index in [0.29, 0.717) is 0 Å².